The molecule has 0 fully saturated rings. The highest BCUT2D eigenvalue weighted by Crippen LogP contribution is 2.37. The second-order valence-electron chi connectivity index (χ2n) is 4.23. The van der Waals surface area contributed by atoms with E-state index in [9.17, 15) is 0 Å². The maximum absolute atomic E-state index is 5.90. The Kier molecular flexibility index (Phi) is 3.25. The summed E-state index contributed by atoms with van der Waals surface area (Å²) in [5.74, 6) is 0.978. The quantitative estimate of drug-likeness (QED) is 0.917. The Balaban J connectivity index is 1.72. The molecule has 0 spiro atoms. The summed E-state index contributed by atoms with van der Waals surface area (Å²) in [6.07, 6.45) is 0.932. The predicted octanol–water partition coefficient (Wildman–Crippen LogP) is 2.32. The van der Waals surface area contributed by atoms with Crippen molar-refractivity contribution in [3.8, 4) is 5.75 Å². The summed E-state index contributed by atoms with van der Waals surface area (Å²) in [6, 6.07) is 8.16. The Morgan fingerprint density at radius 3 is 3.11 bits per heavy atom. The molecule has 1 aliphatic heterocycles. The van der Waals surface area contributed by atoms with Crippen LogP contribution >= 0.6 is 11.3 Å². The number of aromatic nitrogens is 2. The van der Waals surface area contributed by atoms with Crippen LogP contribution in [0.4, 0.5) is 0 Å². The van der Waals surface area contributed by atoms with Crippen molar-refractivity contribution in [2.75, 3.05) is 6.54 Å². The third-order valence-electron chi connectivity index (χ3n) is 2.93. The Bertz CT molecular complexity index is 516. The van der Waals surface area contributed by atoms with E-state index in [2.05, 4.69) is 28.5 Å². The van der Waals surface area contributed by atoms with Crippen molar-refractivity contribution in [1.29, 1.82) is 0 Å². The zero-order chi connectivity index (χ0) is 12.4. The van der Waals surface area contributed by atoms with Crippen molar-refractivity contribution in [2.24, 2.45) is 0 Å². The molecule has 0 amide bonds. The van der Waals surface area contributed by atoms with Crippen LogP contribution < -0.4 is 10.1 Å². The van der Waals surface area contributed by atoms with Crippen LogP contribution in [0.15, 0.2) is 24.3 Å². The molecular weight excluding hydrogens is 246 g/mol. The monoisotopic (exact) mass is 261 g/mol. The second-order valence-corrected chi connectivity index (χ2v) is 5.33. The average Bonchev–Trinajstić information content (AvgIpc) is 3.02. The zero-order valence-electron chi connectivity index (χ0n) is 10.2. The van der Waals surface area contributed by atoms with Gasteiger partial charge in [-0.3, -0.25) is 0 Å². The van der Waals surface area contributed by atoms with E-state index in [1.807, 2.05) is 18.2 Å². The Morgan fingerprint density at radius 2 is 2.28 bits per heavy atom. The first-order valence-corrected chi connectivity index (χ1v) is 6.96. The molecule has 1 N–H and O–H groups in total. The molecule has 0 saturated carbocycles. The minimum atomic E-state index is 0.0373. The molecule has 1 unspecified atom stereocenters. The van der Waals surface area contributed by atoms with Crippen LogP contribution in [0.1, 0.15) is 28.6 Å². The van der Waals surface area contributed by atoms with Crippen LogP contribution in [0.5, 0.6) is 5.75 Å². The van der Waals surface area contributed by atoms with Crippen molar-refractivity contribution in [3.05, 3.63) is 39.8 Å². The third kappa shape index (κ3) is 2.23. The van der Waals surface area contributed by atoms with Gasteiger partial charge in [0.15, 0.2) is 11.1 Å². The van der Waals surface area contributed by atoms with E-state index in [1.54, 1.807) is 11.3 Å². The first kappa shape index (κ1) is 11.6. The number of para-hydroxylation sites is 1. The molecule has 18 heavy (non-hydrogen) atoms. The molecule has 2 heterocycles. The fourth-order valence-corrected chi connectivity index (χ4v) is 2.86. The fourth-order valence-electron chi connectivity index (χ4n) is 2.02. The summed E-state index contributed by atoms with van der Waals surface area (Å²) >= 11 is 1.63. The van der Waals surface area contributed by atoms with E-state index in [0.717, 1.165) is 35.3 Å². The molecule has 1 aromatic heterocycles. The van der Waals surface area contributed by atoms with Gasteiger partial charge in [-0.25, -0.2) is 0 Å². The molecule has 5 heteroatoms. The molecule has 2 aromatic rings. The van der Waals surface area contributed by atoms with E-state index < -0.39 is 0 Å². The molecule has 0 saturated heterocycles. The third-order valence-corrected chi connectivity index (χ3v) is 3.95. The van der Waals surface area contributed by atoms with E-state index in [0.29, 0.717) is 0 Å². The summed E-state index contributed by atoms with van der Waals surface area (Å²) in [6.45, 7) is 3.81. The number of ether oxygens (including phenoxy) is 1. The largest absolute Gasteiger partial charge is 0.483 e. The molecule has 1 aliphatic rings. The maximum Gasteiger partial charge on any atom is 0.158 e. The molecule has 0 aliphatic carbocycles. The van der Waals surface area contributed by atoms with Crippen LogP contribution in [0.3, 0.4) is 0 Å². The van der Waals surface area contributed by atoms with Crippen LogP contribution in [-0.2, 0) is 13.0 Å². The van der Waals surface area contributed by atoms with E-state index >= 15 is 0 Å². The SMILES string of the molecule is CCNCc1nnc(C2Cc3ccccc3O2)s1. The molecule has 0 bridgehead atoms. The zero-order valence-corrected chi connectivity index (χ0v) is 11.0. The average molecular weight is 261 g/mol. The normalized spacial score (nSPS) is 17.5. The standard InChI is InChI=1S/C13H15N3OS/c1-2-14-8-12-15-16-13(18-12)11-7-9-5-3-4-6-10(9)17-11/h3-6,11,14H,2,7-8H2,1H3. The topological polar surface area (TPSA) is 47.0 Å². The van der Waals surface area contributed by atoms with Crippen LogP contribution in [0, 0.1) is 0 Å². The molecular formula is C13H15N3OS. The van der Waals surface area contributed by atoms with E-state index in [4.69, 9.17) is 4.74 Å². The van der Waals surface area contributed by atoms with Crippen molar-refractivity contribution in [3.63, 3.8) is 0 Å². The molecule has 1 atom stereocenters. The Hall–Kier alpha value is -1.46. The van der Waals surface area contributed by atoms with Gasteiger partial charge >= 0.3 is 0 Å². The molecule has 3 rings (SSSR count). The van der Waals surface area contributed by atoms with Gasteiger partial charge in [-0.1, -0.05) is 36.5 Å². The summed E-state index contributed by atoms with van der Waals surface area (Å²) in [5, 5.41) is 13.7. The maximum atomic E-state index is 5.90. The lowest BCUT2D eigenvalue weighted by molar-refractivity contribution is 0.237. The van der Waals surface area contributed by atoms with Crippen molar-refractivity contribution in [1.82, 2.24) is 15.5 Å². The highest BCUT2D eigenvalue weighted by atomic mass is 32.1. The highest BCUT2D eigenvalue weighted by molar-refractivity contribution is 7.11. The molecule has 1 aromatic carbocycles. The lowest BCUT2D eigenvalue weighted by atomic mass is 10.1. The van der Waals surface area contributed by atoms with Gasteiger partial charge in [-0.15, -0.1) is 10.2 Å². The van der Waals surface area contributed by atoms with Crippen molar-refractivity contribution < 1.29 is 4.74 Å². The Morgan fingerprint density at radius 1 is 1.39 bits per heavy atom. The van der Waals surface area contributed by atoms with Gasteiger partial charge in [0.1, 0.15) is 10.8 Å². The van der Waals surface area contributed by atoms with Gasteiger partial charge in [0.25, 0.3) is 0 Å². The molecule has 0 radical (unpaired) electrons. The first-order valence-electron chi connectivity index (χ1n) is 6.14. The second kappa shape index (κ2) is 5.04. The van der Waals surface area contributed by atoms with Gasteiger partial charge in [0.2, 0.25) is 0 Å². The number of rotatable bonds is 4. The minimum absolute atomic E-state index is 0.0373. The lowest BCUT2D eigenvalue weighted by Gasteiger charge is -2.05. The fraction of sp³-hybridized carbons (Fsp3) is 0.385. The van der Waals surface area contributed by atoms with Crippen LogP contribution in [-0.4, -0.2) is 16.7 Å². The first-order chi connectivity index (χ1) is 8.86. The number of nitrogens with zero attached hydrogens (tertiary/aromatic N) is 2. The number of benzene rings is 1. The minimum Gasteiger partial charge on any atom is -0.483 e. The van der Waals surface area contributed by atoms with Crippen molar-refractivity contribution >= 4 is 11.3 Å². The van der Waals surface area contributed by atoms with Gasteiger partial charge in [0, 0.05) is 13.0 Å². The summed E-state index contributed by atoms with van der Waals surface area (Å²) in [7, 11) is 0. The smallest absolute Gasteiger partial charge is 0.158 e. The van der Waals surface area contributed by atoms with Crippen LogP contribution in [0.25, 0.3) is 0 Å². The number of hydrogen-bond acceptors (Lipinski definition) is 5. The van der Waals surface area contributed by atoms with E-state index in [1.165, 1.54) is 5.56 Å². The number of hydrogen-bond donors (Lipinski definition) is 1. The summed E-state index contributed by atoms with van der Waals surface area (Å²) < 4.78 is 5.90. The van der Waals surface area contributed by atoms with Gasteiger partial charge < -0.3 is 10.1 Å². The molecule has 94 valence electrons. The Labute approximate surface area is 110 Å². The van der Waals surface area contributed by atoms with Crippen LogP contribution in [0.2, 0.25) is 0 Å². The highest BCUT2D eigenvalue weighted by Gasteiger charge is 2.26. The van der Waals surface area contributed by atoms with Gasteiger partial charge in [-0.05, 0) is 18.2 Å². The number of nitrogens with one attached hydrogen (secondary N) is 1. The van der Waals surface area contributed by atoms with Crippen molar-refractivity contribution in [2.45, 2.75) is 26.0 Å². The summed E-state index contributed by atoms with van der Waals surface area (Å²) in [4.78, 5) is 0. The molecule has 4 nitrogen and oxygen atoms in total. The summed E-state index contributed by atoms with van der Waals surface area (Å²) in [5.41, 5.74) is 1.26. The van der Waals surface area contributed by atoms with E-state index in [-0.39, 0.29) is 6.10 Å². The predicted molar refractivity (Wildman–Crippen MR) is 70.8 cm³/mol. The number of fused-ring (bicyclic) bond motifs is 1. The van der Waals surface area contributed by atoms with Gasteiger partial charge in [0.05, 0.1) is 0 Å². The van der Waals surface area contributed by atoms with Gasteiger partial charge in [-0.2, -0.15) is 0 Å². The lowest BCUT2D eigenvalue weighted by Crippen LogP contribution is -2.11.